The van der Waals surface area contributed by atoms with Gasteiger partial charge in [0.05, 0.1) is 9.85 Å². The van der Waals surface area contributed by atoms with Gasteiger partial charge in [-0.25, -0.2) is 0 Å². The van der Waals surface area contributed by atoms with Crippen molar-refractivity contribution >= 4 is 11.4 Å². The van der Waals surface area contributed by atoms with Crippen LogP contribution in [-0.2, 0) is 0 Å². The standard InChI is InChI=1S/C7H6N2O5/c1-4-2-5(8(11)12)7(10)6(3-4)9(13)14/h2-3,10H,1H3. The molecule has 74 valence electrons. The van der Waals surface area contributed by atoms with Gasteiger partial charge in [-0.05, 0) is 12.5 Å². The molecule has 14 heavy (non-hydrogen) atoms. The summed E-state index contributed by atoms with van der Waals surface area (Å²) >= 11 is 0. The van der Waals surface area contributed by atoms with Gasteiger partial charge in [-0.15, -0.1) is 0 Å². The van der Waals surface area contributed by atoms with Crippen LogP contribution in [0.3, 0.4) is 0 Å². The van der Waals surface area contributed by atoms with Crippen LogP contribution in [0, 0.1) is 27.2 Å². The normalized spacial score (nSPS) is 9.79. The minimum Gasteiger partial charge on any atom is -0.497 e. The van der Waals surface area contributed by atoms with E-state index < -0.39 is 27.0 Å². The summed E-state index contributed by atoms with van der Waals surface area (Å²) < 4.78 is 0. The van der Waals surface area contributed by atoms with Crippen LogP contribution in [0.5, 0.6) is 5.75 Å². The highest BCUT2D eigenvalue weighted by molar-refractivity contribution is 5.60. The molecule has 0 radical (unpaired) electrons. The van der Waals surface area contributed by atoms with Crippen molar-refractivity contribution in [3.63, 3.8) is 0 Å². The zero-order valence-electron chi connectivity index (χ0n) is 7.13. The van der Waals surface area contributed by atoms with Crippen LogP contribution in [0.25, 0.3) is 0 Å². The van der Waals surface area contributed by atoms with Gasteiger partial charge in [0, 0.05) is 12.1 Å². The Morgan fingerprint density at radius 1 is 1.14 bits per heavy atom. The molecule has 0 aliphatic carbocycles. The summed E-state index contributed by atoms with van der Waals surface area (Å²) in [7, 11) is 0. The average Bonchev–Trinajstić information content (AvgIpc) is 2.07. The lowest BCUT2D eigenvalue weighted by Gasteiger charge is -1.98. The van der Waals surface area contributed by atoms with Gasteiger partial charge < -0.3 is 5.11 Å². The second-order valence-electron chi connectivity index (χ2n) is 2.67. The first-order valence-corrected chi connectivity index (χ1v) is 3.56. The molecule has 0 saturated heterocycles. The van der Waals surface area contributed by atoms with Gasteiger partial charge in [0.25, 0.3) is 5.75 Å². The number of aromatic hydroxyl groups is 1. The third-order valence-corrected chi connectivity index (χ3v) is 1.61. The number of nitro benzene ring substituents is 2. The second kappa shape index (κ2) is 3.29. The maximum absolute atomic E-state index is 10.4. The molecule has 0 amide bonds. The number of nitrogens with zero attached hydrogens (tertiary/aromatic N) is 2. The SMILES string of the molecule is Cc1cc([N+](=O)[O-])c(O)c([N+](=O)[O-])c1. The molecule has 0 aliphatic rings. The van der Waals surface area contributed by atoms with E-state index in [9.17, 15) is 25.3 Å². The van der Waals surface area contributed by atoms with E-state index in [0.717, 1.165) is 12.1 Å². The Kier molecular flexibility index (Phi) is 2.32. The van der Waals surface area contributed by atoms with Crippen LogP contribution in [-0.4, -0.2) is 15.0 Å². The average molecular weight is 198 g/mol. The summed E-state index contributed by atoms with van der Waals surface area (Å²) in [5.41, 5.74) is -0.963. The van der Waals surface area contributed by atoms with Crippen LogP contribution in [0.2, 0.25) is 0 Å². The predicted octanol–water partition coefficient (Wildman–Crippen LogP) is 1.52. The van der Waals surface area contributed by atoms with Crippen LogP contribution in [0.4, 0.5) is 11.4 Å². The van der Waals surface area contributed by atoms with E-state index in [1.807, 2.05) is 0 Å². The number of hydrogen-bond acceptors (Lipinski definition) is 5. The molecule has 0 spiro atoms. The number of rotatable bonds is 2. The molecule has 1 rings (SSSR count). The number of phenols is 1. The van der Waals surface area contributed by atoms with E-state index in [1.165, 1.54) is 6.92 Å². The van der Waals surface area contributed by atoms with E-state index >= 15 is 0 Å². The highest BCUT2D eigenvalue weighted by Gasteiger charge is 2.24. The Bertz CT molecular complexity index is 380. The molecule has 0 bridgehead atoms. The van der Waals surface area contributed by atoms with Gasteiger partial charge in [-0.2, -0.15) is 0 Å². The molecule has 0 heterocycles. The zero-order chi connectivity index (χ0) is 10.9. The van der Waals surface area contributed by atoms with Gasteiger partial charge in [0.15, 0.2) is 0 Å². The minimum atomic E-state index is -0.911. The topological polar surface area (TPSA) is 107 Å². The van der Waals surface area contributed by atoms with Crippen LogP contribution in [0.1, 0.15) is 5.56 Å². The Morgan fingerprint density at radius 3 is 1.79 bits per heavy atom. The van der Waals surface area contributed by atoms with Crippen molar-refractivity contribution in [3.05, 3.63) is 37.9 Å². The van der Waals surface area contributed by atoms with Gasteiger partial charge in [-0.1, -0.05) is 0 Å². The minimum absolute atomic E-state index is 0.348. The first kappa shape index (κ1) is 9.90. The highest BCUT2D eigenvalue weighted by atomic mass is 16.6. The highest BCUT2D eigenvalue weighted by Crippen LogP contribution is 2.36. The van der Waals surface area contributed by atoms with Crippen molar-refractivity contribution in [3.8, 4) is 5.75 Å². The number of phenolic OH excluding ortho intramolecular Hbond substituents is 1. The van der Waals surface area contributed by atoms with Crippen molar-refractivity contribution in [2.45, 2.75) is 6.92 Å². The van der Waals surface area contributed by atoms with E-state index in [-0.39, 0.29) is 0 Å². The second-order valence-corrected chi connectivity index (χ2v) is 2.67. The fourth-order valence-corrected chi connectivity index (χ4v) is 1.02. The first-order valence-electron chi connectivity index (χ1n) is 3.56. The Morgan fingerprint density at radius 2 is 1.50 bits per heavy atom. The van der Waals surface area contributed by atoms with Gasteiger partial charge in [0.1, 0.15) is 0 Å². The fraction of sp³-hybridized carbons (Fsp3) is 0.143. The maximum atomic E-state index is 10.4. The molecule has 0 atom stereocenters. The molecule has 7 nitrogen and oxygen atoms in total. The summed E-state index contributed by atoms with van der Waals surface area (Å²) in [6.45, 7) is 1.47. The fourth-order valence-electron chi connectivity index (χ4n) is 1.02. The summed E-state index contributed by atoms with van der Waals surface area (Å²) in [5.74, 6) is -0.911. The lowest BCUT2D eigenvalue weighted by molar-refractivity contribution is -0.396. The van der Waals surface area contributed by atoms with Crippen LogP contribution >= 0.6 is 0 Å². The monoisotopic (exact) mass is 198 g/mol. The van der Waals surface area contributed by atoms with Crippen molar-refractivity contribution in [2.75, 3.05) is 0 Å². The van der Waals surface area contributed by atoms with E-state index in [0.29, 0.717) is 5.56 Å². The predicted molar refractivity (Wildman–Crippen MR) is 46.2 cm³/mol. The van der Waals surface area contributed by atoms with E-state index in [1.54, 1.807) is 0 Å². The summed E-state index contributed by atoms with van der Waals surface area (Å²) in [6, 6.07) is 2.14. The Labute approximate surface area is 77.9 Å². The lowest BCUT2D eigenvalue weighted by Crippen LogP contribution is -1.95. The Balaban J connectivity index is 3.47. The van der Waals surface area contributed by atoms with Crippen molar-refractivity contribution in [1.82, 2.24) is 0 Å². The van der Waals surface area contributed by atoms with Crippen molar-refractivity contribution in [1.29, 1.82) is 0 Å². The summed E-state index contributed by atoms with van der Waals surface area (Å²) in [5, 5.41) is 29.9. The van der Waals surface area contributed by atoms with Crippen molar-refractivity contribution < 1.29 is 15.0 Å². The number of benzene rings is 1. The molecule has 1 aromatic carbocycles. The number of nitro groups is 2. The van der Waals surface area contributed by atoms with Crippen LogP contribution < -0.4 is 0 Å². The zero-order valence-corrected chi connectivity index (χ0v) is 7.13. The van der Waals surface area contributed by atoms with Gasteiger partial charge in [-0.3, -0.25) is 20.2 Å². The quantitative estimate of drug-likeness (QED) is 0.572. The molecule has 0 unspecified atom stereocenters. The van der Waals surface area contributed by atoms with E-state index in [2.05, 4.69) is 0 Å². The Hall–Kier alpha value is -2.18. The maximum Gasteiger partial charge on any atom is 0.318 e. The molecule has 1 N–H and O–H groups in total. The molecule has 0 fully saturated rings. The largest absolute Gasteiger partial charge is 0.497 e. The first-order chi connectivity index (χ1) is 6.43. The van der Waals surface area contributed by atoms with Crippen molar-refractivity contribution in [2.24, 2.45) is 0 Å². The summed E-state index contributed by atoms with van der Waals surface area (Å²) in [6.07, 6.45) is 0. The molecule has 1 aromatic rings. The molecule has 7 heteroatoms. The third kappa shape index (κ3) is 1.60. The van der Waals surface area contributed by atoms with Crippen LogP contribution in [0.15, 0.2) is 12.1 Å². The lowest BCUT2D eigenvalue weighted by atomic mass is 10.2. The molecular weight excluding hydrogens is 192 g/mol. The molecule has 0 saturated carbocycles. The summed E-state index contributed by atoms with van der Waals surface area (Å²) in [4.78, 5) is 19.0. The molecular formula is C7H6N2O5. The van der Waals surface area contributed by atoms with E-state index in [4.69, 9.17) is 0 Å². The van der Waals surface area contributed by atoms with Gasteiger partial charge >= 0.3 is 11.4 Å². The molecule has 0 aromatic heterocycles. The smallest absolute Gasteiger partial charge is 0.318 e. The van der Waals surface area contributed by atoms with Gasteiger partial charge in [0.2, 0.25) is 0 Å². The number of aryl methyl sites for hydroxylation is 1. The molecule has 0 aliphatic heterocycles. The number of hydrogen-bond donors (Lipinski definition) is 1. The third-order valence-electron chi connectivity index (χ3n) is 1.61.